The third kappa shape index (κ3) is 3.79. The van der Waals surface area contributed by atoms with Gasteiger partial charge in [-0.15, -0.1) is 0 Å². The smallest absolute Gasteiger partial charge is 0.258 e. The van der Waals surface area contributed by atoms with Gasteiger partial charge in [-0.05, 0) is 13.0 Å². The number of nitrogens with one attached hydrogen (secondary N) is 2. The maximum absolute atomic E-state index is 12.1. The van der Waals surface area contributed by atoms with Gasteiger partial charge in [-0.3, -0.25) is 19.3 Å². The number of carbonyl (C=O) groups excluding carboxylic acids is 2. The van der Waals surface area contributed by atoms with E-state index in [1.165, 1.54) is 17.1 Å². The molecule has 2 aromatic heterocycles. The Morgan fingerprint density at radius 3 is 2.81 bits per heavy atom. The minimum Gasteiger partial charge on any atom is -0.358 e. The van der Waals surface area contributed by atoms with Crippen LogP contribution in [0, 0.1) is 6.92 Å². The van der Waals surface area contributed by atoms with E-state index in [-0.39, 0.29) is 23.9 Å². The molecule has 8 heteroatoms. The molecule has 0 aromatic carbocycles. The molecule has 0 bridgehead atoms. The molecule has 0 fully saturated rings. The molecule has 2 amide bonds. The van der Waals surface area contributed by atoms with Gasteiger partial charge in [0.05, 0.1) is 22.5 Å². The van der Waals surface area contributed by atoms with Crippen LogP contribution in [-0.4, -0.2) is 33.6 Å². The number of nitrogens with zero attached hydrogens (tertiary/aromatic N) is 3. The Labute approximate surface area is 126 Å². The Kier molecular flexibility index (Phi) is 4.54. The summed E-state index contributed by atoms with van der Waals surface area (Å²) in [6, 6.07) is 1.62. The number of pyridine rings is 1. The monoisotopic (exact) mass is 307 g/mol. The topological polar surface area (TPSA) is 88.9 Å². The predicted octanol–water partition coefficient (Wildman–Crippen LogP) is 1.24. The van der Waals surface area contributed by atoms with E-state index < -0.39 is 0 Å². The van der Waals surface area contributed by atoms with Crippen molar-refractivity contribution < 1.29 is 9.59 Å². The molecule has 0 saturated carbocycles. The quantitative estimate of drug-likeness (QED) is 0.889. The summed E-state index contributed by atoms with van der Waals surface area (Å²) in [7, 11) is 1.54. The maximum Gasteiger partial charge on any atom is 0.258 e. The summed E-state index contributed by atoms with van der Waals surface area (Å²) in [6.45, 7) is 1.87. The zero-order chi connectivity index (χ0) is 15.4. The number of carbonyl (C=O) groups is 2. The van der Waals surface area contributed by atoms with E-state index in [0.717, 1.165) is 5.69 Å². The standard InChI is InChI=1S/C13H14ClN5O2/c1-8-3-11(14)10(5-16-8)13(21)18-9-4-17-19(6-9)7-12(20)15-2/h3-6H,7H2,1-2H3,(H,15,20)(H,18,21). The van der Waals surface area contributed by atoms with Crippen LogP contribution in [0.1, 0.15) is 16.1 Å². The molecule has 0 unspecified atom stereocenters. The van der Waals surface area contributed by atoms with E-state index in [2.05, 4.69) is 20.7 Å². The summed E-state index contributed by atoms with van der Waals surface area (Å²) in [5.74, 6) is -0.561. The van der Waals surface area contributed by atoms with E-state index in [9.17, 15) is 9.59 Å². The van der Waals surface area contributed by atoms with Gasteiger partial charge in [-0.2, -0.15) is 5.10 Å². The lowest BCUT2D eigenvalue weighted by atomic mass is 10.2. The fourth-order valence-electron chi connectivity index (χ4n) is 1.63. The van der Waals surface area contributed by atoms with Crippen molar-refractivity contribution >= 4 is 29.1 Å². The first-order chi connectivity index (χ1) is 9.99. The summed E-state index contributed by atoms with van der Waals surface area (Å²) in [4.78, 5) is 27.3. The van der Waals surface area contributed by atoms with Crippen LogP contribution in [0.2, 0.25) is 5.02 Å². The van der Waals surface area contributed by atoms with Gasteiger partial charge in [0.25, 0.3) is 5.91 Å². The Morgan fingerprint density at radius 2 is 2.14 bits per heavy atom. The second-order valence-electron chi connectivity index (χ2n) is 4.36. The molecule has 0 aliphatic heterocycles. The van der Waals surface area contributed by atoms with Crippen molar-refractivity contribution in [1.82, 2.24) is 20.1 Å². The van der Waals surface area contributed by atoms with Gasteiger partial charge in [0, 0.05) is 25.1 Å². The van der Waals surface area contributed by atoms with Crippen LogP contribution in [0.5, 0.6) is 0 Å². The van der Waals surface area contributed by atoms with Gasteiger partial charge in [0.15, 0.2) is 0 Å². The molecule has 0 aliphatic carbocycles. The molecular weight excluding hydrogens is 294 g/mol. The number of aryl methyl sites for hydroxylation is 1. The largest absolute Gasteiger partial charge is 0.358 e. The molecule has 21 heavy (non-hydrogen) atoms. The minimum atomic E-state index is -0.382. The van der Waals surface area contributed by atoms with E-state index in [0.29, 0.717) is 10.7 Å². The molecule has 0 radical (unpaired) electrons. The van der Waals surface area contributed by atoms with E-state index in [1.807, 2.05) is 0 Å². The van der Waals surface area contributed by atoms with E-state index in [4.69, 9.17) is 11.6 Å². The summed E-state index contributed by atoms with van der Waals surface area (Å²) in [6.07, 6.45) is 4.43. The highest BCUT2D eigenvalue weighted by atomic mass is 35.5. The third-order valence-corrected chi connectivity index (χ3v) is 3.02. The van der Waals surface area contributed by atoms with Gasteiger partial charge in [-0.1, -0.05) is 11.6 Å². The maximum atomic E-state index is 12.1. The Bertz CT molecular complexity index is 683. The molecule has 2 aromatic rings. The highest BCUT2D eigenvalue weighted by Crippen LogP contribution is 2.17. The molecule has 2 heterocycles. The first kappa shape index (κ1) is 15.0. The van der Waals surface area contributed by atoms with Gasteiger partial charge in [0.1, 0.15) is 6.54 Å². The summed E-state index contributed by atoms with van der Waals surface area (Å²) in [5, 5.41) is 9.45. The van der Waals surface area contributed by atoms with Crippen LogP contribution in [0.15, 0.2) is 24.7 Å². The van der Waals surface area contributed by atoms with Gasteiger partial charge < -0.3 is 10.6 Å². The van der Waals surface area contributed by atoms with Crippen LogP contribution in [0.4, 0.5) is 5.69 Å². The second kappa shape index (κ2) is 6.36. The normalized spacial score (nSPS) is 10.2. The zero-order valence-corrected chi connectivity index (χ0v) is 12.3. The summed E-state index contributed by atoms with van der Waals surface area (Å²) >= 11 is 6.01. The lowest BCUT2D eigenvalue weighted by molar-refractivity contribution is -0.121. The van der Waals surface area contributed by atoms with Crippen LogP contribution in [0.25, 0.3) is 0 Å². The number of hydrogen-bond donors (Lipinski definition) is 2. The van der Waals surface area contributed by atoms with Gasteiger partial charge >= 0.3 is 0 Å². The highest BCUT2D eigenvalue weighted by Gasteiger charge is 2.12. The number of hydrogen-bond acceptors (Lipinski definition) is 4. The van der Waals surface area contributed by atoms with Crippen molar-refractivity contribution in [2.24, 2.45) is 0 Å². The average molecular weight is 308 g/mol. The number of likely N-dealkylation sites (N-methyl/N-ethyl adjacent to an activating group) is 1. The molecule has 110 valence electrons. The summed E-state index contributed by atoms with van der Waals surface area (Å²) in [5.41, 5.74) is 1.48. The SMILES string of the molecule is CNC(=O)Cn1cc(NC(=O)c2cnc(C)cc2Cl)cn1. The fourth-order valence-corrected chi connectivity index (χ4v) is 1.93. The number of halogens is 1. The molecule has 0 spiro atoms. The molecule has 0 aliphatic rings. The number of anilines is 1. The summed E-state index contributed by atoms with van der Waals surface area (Å²) < 4.78 is 1.42. The van der Waals surface area contributed by atoms with Crippen molar-refractivity contribution in [2.75, 3.05) is 12.4 Å². The predicted molar refractivity (Wildman–Crippen MR) is 78.2 cm³/mol. The first-order valence-corrected chi connectivity index (χ1v) is 6.54. The fraction of sp³-hybridized carbons (Fsp3) is 0.231. The van der Waals surface area contributed by atoms with Crippen LogP contribution in [-0.2, 0) is 11.3 Å². The first-order valence-electron chi connectivity index (χ1n) is 6.16. The van der Waals surface area contributed by atoms with Crippen LogP contribution >= 0.6 is 11.6 Å². The lowest BCUT2D eigenvalue weighted by Gasteiger charge is -2.04. The van der Waals surface area contributed by atoms with Crippen LogP contribution < -0.4 is 10.6 Å². The van der Waals surface area contributed by atoms with E-state index in [1.54, 1.807) is 26.2 Å². The molecule has 0 atom stereocenters. The van der Waals surface area contributed by atoms with Gasteiger partial charge in [0.2, 0.25) is 5.91 Å². The third-order valence-electron chi connectivity index (χ3n) is 2.71. The van der Waals surface area contributed by atoms with Gasteiger partial charge in [-0.25, -0.2) is 0 Å². The van der Waals surface area contributed by atoms with Crippen molar-refractivity contribution in [2.45, 2.75) is 13.5 Å². The van der Waals surface area contributed by atoms with Crippen LogP contribution in [0.3, 0.4) is 0 Å². The van der Waals surface area contributed by atoms with E-state index >= 15 is 0 Å². The molecule has 2 rings (SSSR count). The number of amides is 2. The Hall–Kier alpha value is -2.41. The van der Waals surface area contributed by atoms with Crippen molar-refractivity contribution in [3.8, 4) is 0 Å². The van der Waals surface area contributed by atoms with Crippen molar-refractivity contribution in [3.05, 3.63) is 40.9 Å². The molecule has 2 N–H and O–H groups in total. The Morgan fingerprint density at radius 1 is 1.38 bits per heavy atom. The van der Waals surface area contributed by atoms with Crippen molar-refractivity contribution in [3.63, 3.8) is 0 Å². The highest BCUT2D eigenvalue weighted by molar-refractivity contribution is 6.34. The lowest BCUT2D eigenvalue weighted by Crippen LogP contribution is -2.23. The number of rotatable bonds is 4. The Balaban J connectivity index is 2.07. The second-order valence-corrected chi connectivity index (χ2v) is 4.77. The molecule has 0 saturated heterocycles. The number of aromatic nitrogens is 3. The molecule has 7 nitrogen and oxygen atoms in total. The minimum absolute atomic E-state index is 0.0826. The van der Waals surface area contributed by atoms with Crippen molar-refractivity contribution in [1.29, 1.82) is 0 Å². The average Bonchev–Trinajstić information content (AvgIpc) is 2.85. The molecular formula is C13H14ClN5O2. The zero-order valence-electron chi connectivity index (χ0n) is 11.6.